The summed E-state index contributed by atoms with van der Waals surface area (Å²) < 4.78 is 5.56. The molecule has 0 amide bonds. The van der Waals surface area contributed by atoms with E-state index < -0.39 is 0 Å². The molecule has 0 saturated carbocycles. The van der Waals surface area contributed by atoms with E-state index in [2.05, 4.69) is 47.9 Å². The Morgan fingerprint density at radius 1 is 1.33 bits per heavy atom. The maximum Gasteiger partial charge on any atom is 0.147 e. The lowest BCUT2D eigenvalue weighted by Gasteiger charge is -2.36. The standard InChI is InChI=1S/C16H28N4O/c1-12-6-7-20(11-14(12)21-5)15-10-17-13(8-18-15)9-19-16(2,3)4/h8,10,12,14,19H,6-7,9,11H2,1-5H3. The molecule has 2 rings (SSSR count). The first-order chi connectivity index (χ1) is 9.89. The van der Waals surface area contributed by atoms with Gasteiger partial charge in [-0.25, -0.2) is 4.98 Å². The second kappa shape index (κ2) is 6.71. The number of hydrogen-bond donors (Lipinski definition) is 1. The molecule has 5 heteroatoms. The van der Waals surface area contributed by atoms with Crippen molar-refractivity contribution in [1.29, 1.82) is 0 Å². The van der Waals surface area contributed by atoms with Gasteiger partial charge in [-0.15, -0.1) is 0 Å². The number of rotatable bonds is 4. The molecule has 21 heavy (non-hydrogen) atoms. The summed E-state index contributed by atoms with van der Waals surface area (Å²) in [5.74, 6) is 1.55. The number of piperidine rings is 1. The van der Waals surface area contributed by atoms with E-state index in [1.165, 1.54) is 0 Å². The van der Waals surface area contributed by atoms with Crippen molar-refractivity contribution in [3.8, 4) is 0 Å². The summed E-state index contributed by atoms with van der Waals surface area (Å²) >= 11 is 0. The zero-order chi connectivity index (χ0) is 15.5. The lowest BCUT2D eigenvalue weighted by Crippen LogP contribution is -2.44. The van der Waals surface area contributed by atoms with Crippen molar-refractivity contribution < 1.29 is 4.74 Å². The number of nitrogens with one attached hydrogen (secondary N) is 1. The van der Waals surface area contributed by atoms with Crippen molar-refractivity contribution >= 4 is 5.82 Å². The van der Waals surface area contributed by atoms with E-state index in [9.17, 15) is 0 Å². The summed E-state index contributed by atoms with van der Waals surface area (Å²) in [4.78, 5) is 11.4. The summed E-state index contributed by atoms with van der Waals surface area (Å²) in [7, 11) is 1.79. The van der Waals surface area contributed by atoms with Crippen LogP contribution in [0.2, 0.25) is 0 Å². The number of methoxy groups -OCH3 is 1. The first-order valence-corrected chi connectivity index (χ1v) is 7.73. The minimum absolute atomic E-state index is 0.0923. The van der Waals surface area contributed by atoms with E-state index in [-0.39, 0.29) is 11.6 Å². The highest BCUT2D eigenvalue weighted by molar-refractivity contribution is 5.36. The minimum Gasteiger partial charge on any atom is -0.379 e. The number of ether oxygens (including phenoxy) is 1. The Morgan fingerprint density at radius 3 is 2.67 bits per heavy atom. The number of hydrogen-bond acceptors (Lipinski definition) is 5. The Bertz CT molecular complexity index is 441. The average Bonchev–Trinajstić information content (AvgIpc) is 2.45. The smallest absolute Gasteiger partial charge is 0.147 e. The topological polar surface area (TPSA) is 50.3 Å². The van der Waals surface area contributed by atoms with Crippen LogP contribution in [0.4, 0.5) is 5.82 Å². The summed E-state index contributed by atoms with van der Waals surface area (Å²) in [5.41, 5.74) is 1.07. The molecule has 0 aromatic carbocycles. The molecule has 1 aliphatic heterocycles. The molecular formula is C16H28N4O. The molecule has 1 aromatic heterocycles. The molecule has 2 unspecified atom stereocenters. The lowest BCUT2D eigenvalue weighted by molar-refractivity contribution is 0.0496. The van der Waals surface area contributed by atoms with Crippen molar-refractivity contribution in [3.05, 3.63) is 18.1 Å². The molecule has 2 heterocycles. The zero-order valence-corrected chi connectivity index (χ0v) is 13.9. The van der Waals surface area contributed by atoms with Gasteiger partial charge in [0.05, 0.1) is 24.2 Å². The van der Waals surface area contributed by atoms with Crippen molar-refractivity contribution in [1.82, 2.24) is 15.3 Å². The second-order valence-corrected chi connectivity index (χ2v) is 6.96. The van der Waals surface area contributed by atoms with E-state index in [1.54, 1.807) is 7.11 Å². The maximum atomic E-state index is 5.56. The van der Waals surface area contributed by atoms with Gasteiger partial charge in [0.2, 0.25) is 0 Å². The summed E-state index contributed by atoms with van der Waals surface area (Å²) in [5, 5.41) is 3.42. The van der Waals surface area contributed by atoms with Crippen molar-refractivity contribution in [3.63, 3.8) is 0 Å². The van der Waals surface area contributed by atoms with Gasteiger partial charge in [-0.3, -0.25) is 4.98 Å². The Kier molecular flexibility index (Phi) is 5.17. The lowest BCUT2D eigenvalue weighted by atomic mass is 9.96. The first kappa shape index (κ1) is 16.2. The summed E-state index contributed by atoms with van der Waals surface area (Å²) in [6.07, 6.45) is 5.16. The molecule has 0 aliphatic carbocycles. The van der Waals surface area contributed by atoms with Crippen LogP contribution in [0.3, 0.4) is 0 Å². The number of anilines is 1. The van der Waals surface area contributed by atoms with Gasteiger partial charge in [-0.2, -0.15) is 0 Å². The molecule has 0 bridgehead atoms. The molecule has 5 nitrogen and oxygen atoms in total. The van der Waals surface area contributed by atoms with Gasteiger partial charge in [0.15, 0.2) is 0 Å². The SMILES string of the molecule is COC1CN(c2cnc(CNC(C)(C)C)cn2)CCC1C. The number of nitrogens with zero attached hydrogens (tertiary/aromatic N) is 3. The van der Waals surface area contributed by atoms with Gasteiger partial charge in [-0.05, 0) is 33.1 Å². The fraction of sp³-hybridized carbons (Fsp3) is 0.750. The van der Waals surface area contributed by atoms with Gasteiger partial charge in [0.25, 0.3) is 0 Å². The van der Waals surface area contributed by atoms with Crippen LogP contribution < -0.4 is 10.2 Å². The highest BCUT2D eigenvalue weighted by Gasteiger charge is 2.26. The van der Waals surface area contributed by atoms with E-state index in [0.29, 0.717) is 5.92 Å². The molecule has 2 atom stereocenters. The molecule has 1 fully saturated rings. The van der Waals surface area contributed by atoms with Crippen molar-refractivity contribution in [2.45, 2.75) is 52.3 Å². The molecule has 118 valence electrons. The van der Waals surface area contributed by atoms with Crippen LogP contribution in [0.1, 0.15) is 39.8 Å². The van der Waals surface area contributed by atoms with Crippen LogP contribution in [-0.2, 0) is 11.3 Å². The molecule has 1 N–H and O–H groups in total. The predicted octanol–water partition coefficient (Wildman–Crippen LogP) is 2.23. The van der Waals surface area contributed by atoms with Gasteiger partial charge in [0.1, 0.15) is 5.82 Å². The van der Waals surface area contributed by atoms with E-state index in [1.807, 2.05) is 12.4 Å². The highest BCUT2D eigenvalue weighted by Crippen LogP contribution is 2.23. The Hall–Kier alpha value is -1.20. The largest absolute Gasteiger partial charge is 0.379 e. The highest BCUT2D eigenvalue weighted by atomic mass is 16.5. The van der Waals surface area contributed by atoms with Crippen LogP contribution >= 0.6 is 0 Å². The van der Waals surface area contributed by atoms with E-state index >= 15 is 0 Å². The molecule has 0 radical (unpaired) electrons. The minimum atomic E-state index is 0.0923. The van der Waals surface area contributed by atoms with Gasteiger partial charge in [-0.1, -0.05) is 6.92 Å². The number of aromatic nitrogens is 2. The van der Waals surface area contributed by atoms with Crippen LogP contribution in [-0.4, -0.2) is 41.8 Å². The van der Waals surface area contributed by atoms with E-state index in [4.69, 9.17) is 4.74 Å². The van der Waals surface area contributed by atoms with Crippen LogP contribution in [0.5, 0.6) is 0 Å². The second-order valence-electron chi connectivity index (χ2n) is 6.96. The Labute approximate surface area is 128 Å². The normalized spacial score (nSPS) is 23.4. The molecule has 1 aromatic rings. The zero-order valence-electron chi connectivity index (χ0n) is 13.9. The fourth-order valence-electron chi connectivity index (χ4n) is 2.51. The molecule has 0 spiro atoms. The monoisotopic (exact) mass is 292 g/mol. The summed E-state index contributed by atoms with van der Waals surface area (Å²) in [6.45, 7) is 11.4. The quantitative estimate of drug-likeness (QED) is 0.922. The Balaban J connectivity index is 1.96. The third-order valence-electron chi connectivity index (χ3n) is 4.01. The predicted molar refractivity (Wildman–Crippen MR) is 85.4 cm³/mol. The molecular weight excluding hydrogens is 264 g/mol. The van der Waals surface area contributed by atoms with Crippen LogP contribution in [0.15, 0.2) is 12.4 Å². The Morgan fingerprint density at radius 2 is 2.10 bits per heavy atom. The molecule has 1 aliphatic rings. The molecule has 1 saturated heterocycles. The fourth-order valence-corrected chi connectivity index (χ4v) is 2.51. The van der Waals surface area contributed by atoms with Gasteiger partial charge >= 0.3 is 0 Å². The maximum absolute atomic E-state index is 5.56. The van der Waals surface area contributed by atoms with Crippen LogP contribution in [0.25, 0.3) is 0 Å². The third kappa shape index (κ3) is 4.64. The van der Waals surface area contributed by atoms with Crippen molar-refractivity contribution in [2.24, 2.45) is 5.92 Å². The van der Waals surface area contributed by atoms with Crippen LogP contribution in [0, 0.1) is 5.92 Å². The van der Waals surface area contributed by atoms with E-state index in [0.717, 1.165) is 37.6 Å². The van der Waals surface area contributed by atoms with Gasteiger partial charge in [0, 0.05) is 32.3 Å². The van der Waals surface area contributed by atoms with Gasteiger partial charge < -0.3 is 15.0 Å². The third-order valence-corrected chi connectivity index (χ3v) is 4.01. The van der Waals surface area contributed by atoms with Crippen molar-refractivity contribution in [2.75, 3.05) is 25.1 Å². The first-order valence-electron chi connectivity index (χ1n) is 7.73. The average molecular weight is 292 g/mol. The summed E-state index contributed by atoms with van der Waals surface area (Å²) in [6, 6.07) is 0.